The summed E-state index contributed by atoms with van der Waals surface area (Å²) in [5, 5.41) is 15.2. The van der Waals surface area contributed by atoms with E-state index in [0.29, 0.717) is 0 Å². The minimum atomic E-state index is -0.615. The molecule has 3 unspecified atom stereocenters. The van der Waals surface area contributed by atoms with Crippen LogP contribution >= 0.6 is 0 Å². The van der Waals surface area contributed by atoms with Crippen molar-refractivity contribution in [3.8, 4) is 0 Å². The maximum atomic E-state index is 12.4. The summed E-state index contributed by atoms with van der Waals surface area (Å²) in [5.41, 5.74) is 0.930. The number of aliphatic hydroxyl groups is 1. The van der Waals surface area contributed by atoms with E-state index >= 15 is 0 Å². The fraction of sp³-hybridized carbons (Fsp3) is 0.500. The Labute approximate surface area is 149 Å². The highest BCUT2D eigenvalue weighted by Gasteiger charge is 2.26. The molecule has 3 N–H and O–H groups in total. The molecule has 2 rings (SSSR count). The van der Waals surface area contributed by atoms with Crippen LogP contribution < -0.4 is 10.6 Å². The van der Waals surface area contributed by atoms with Gasteiger partial charge >= 0.3 is 0 Å². The summed E-state index contributed by atoms with van der Waals surface area (Å²) in [6.07, 6.45) is 8.25. The average Bonchev–Trinajstić information content (AvgIpc) is 2.85. The Bertz CT molecular complexity index is 586. The van der Waals surface area contributed by atoms with Crippen molar-refractivity contribution in [1.82, 2.24) is 10.6 Å². The van der Waals surface area contributed by atoms with Gasteiger partial charge < -0.3 is 15.7 Å². The van der Waals surface area contributed by atoms with Crippen molar-refractivity contribution in [2.75, 3.05) is 6.61 Å². The van der Waals surface area contributed by atoms with Crippen molar-refractivity contribution in [3.63, 3.8) is 0 Å². The van der Waals surface area contributed by atoms with Crippen LogP contribution in [-0.2, 0) is 9.59 Å². The van der Waals surface area contributed by atoms with Crippen LogP contribution in [0.25, 0.3) is 6.08 Å². The van der Waals surface area contributed by atoms with Crippen molar-refractivity contribution >= 4 is 17.9 Å². The molecule has 5 heteroatoms. The van der Waals surface area contributed by atoms with Crippen molar-refractivity contribution in [3.05, 3.63) is 42.0 Å². The van der Waals surface area contributed by atoms with E-state index in [-0.39, 0.29) is 30.4 Å². The number of hydrogen-bond acceptors (Lipinski definition) is 3. The topological polar surface area (TPSA) is 78.4 Å². The third-order valence-corrected chi connectivity index (χ3v) is 4.70. The molecular formula is C20H28N2O3. The minimum absolute atomic E-state index is 0.0146. The van der Waals surface area contributed by atoms with Gasteiger partial charge in [-0.3, -0.25) is 9.59 Å². The molecule has 1 aromatic rings. The molecule has 5 nitrogen and oxygen atoms in total. The number of amides is 2. The Morgan fingerprint density at radius 1 is 1.20 bits per heavy atom. The van der Waals surface area contributed by atoms with Crippen LogP contribution in [0.2, 0.25) is 0 Å². The lowest BCUT2D eigenvalue weighted by Crippen LogP contribution is -2.50. The quantitative estimate of drug-likeness (QED) is 0.547. The second-order valence-electron chi connectivity index (χ2n) is 6.67. The van der Waals surface area contributed by atoms with Gasteiger partial charge in [0.2, 0.25) is 11.8 Å². The molecule has 1 aliphatic rings. The molecule has 0 aliphatic heterocycles. The molecule has 1 saturated carbocycles. The van der Waals surface area contributed by atoms with Crippen LogP contribution in [0.15, 0.2) is 36.4 Å². The summed E-state index contributed by atoms with van der Waals surface area (Å²) in [6.45, 7) is 1.76. The molecule has 25 heavy (non-hydrogen) atoms. The average molecular weight is 344 g/mol. The molecule has 0 spiro atoms. The molecule has 136 valence electrons. The van der Waals surface area contributed by atoms with Gasteiger partial charge in [-0.15, -0.1) is 0 Å². The smallest absolute Gasteiger partial charge is 0.244 e. The monoisotopic (exact) mass is 344 g/mol. The first-order valence-corrected chi connectivity index (χ1v) is 9.05. The van der Waals surface area contributed by atoms with E-state index in [4.69, 9.17) is 0 Å². The lowest BCUT2D eigenvalue weighted by atomic mass is 9.95. The molecule has 1 fully saturated rings. The van der Waals surface area contributed by atoms with Gasteiger partial charge in [-0.25, -0.2) is 0 Å². The summed E-state index contributed by atoms with van der Waals surface area (Å²) in [4.78, 5) is 24.3. The summed E-state index contributed by atoms with van der Waals surface area (Å²) < 4.78 is 0. The zero-order valence-corrected chi connectivity index (χ0v) is 14.8. The van der Waals surface area contributed by atoms with Gasteiger partial charge in [0.05, 0.1) is 0 Å². The second-order valence-corrected chi connectivity index (χ2v) is 6.67. The van der Waals surface area contributed by atoms with Crippen molar-refractivity contribution in [2.24, 2.45) is 5.92 Å². The van der Waals surface area contributed by atoms with Crippen molar-refractivity contribution in [2.45, 2.75) is 51.1 Å². The van der Waals surface area contributed by atoms with E-state index in [9.17, 15) is 14.7 Å². The van der Waals surface area contributed by atoms with Gasteiger partial charge in [0.25, 0.3) is 0 Å². The summed E-state index contributed by atoms with van der Waals surface area (Å²) in [6, 6.07) is 8.89. The highest BCUT2D eigenvalue weighted by atomic mass is 16.3. The first-order valence-electron chi connectivity index (χ1n) is 9.05. The summed E-state index contributed by atoms with van der Waals surface area (Å²) in [7, 11) is 0. The van der Waals surface area contributed by atoms with Crippen LogP contribution in [0.5, 0.6) is 0 Å². The van der Waals surface area contributed by atoms with Crippen LogP contribution in [0.3, 0.4) is 0 Å². The summed E-state index contributed by atoms with van der Waals surface area (Å²) >= 11 is 0. The molecule has 0 aromatic heterocycles. The van der Waals surface area contributed by atoms with Gasteiger partial charge in [-0.1, -0.05) is 49.6 Å². The fourth-order valence-corrected chi connectivity index (χ4v) is 3.16. The van der Waals surface area contributed by atoms with Crippen LogP contribution in [0, 0.1) is 5.92 Å². The number of benzene rings is 1. The highest BCUT2D eigenvalue weighted by molar-refractivity contribution is 5.95. The van der Waals surface area contributed by atoms with Gasteiger partial charge in [-0.05, 0) is 31.4 Å². The first kappa shape index (κ1) is 19.2. The van der Waals surface area contributed by atoms with Crippen LogP contribution in [0.4, 0.5) is 0 Å². The third-order valence-electron chi connectivity index (χ3n) is 4.70. The van der Waals surface area contributed by atoms with E-state index in [1.165, 1.54) is 6.08 Å². The zero-order chi connectivity index (χ0) is 18.1. The van der Waals surface area contributed by atoms with Gasteiger partial charge in [-0.2, -0.15) is 0 Å². The lowest BCUT2D eigenvalue weighted by Gasteiger charge is -2.26. The number of rotatable bonds is 6. The van der Waals surface area contributed by atoms with Gasteiger partial charge in [0.1, 0.15) is 6.04 Å². The molecule has 0 saturated heterocycles. The molecule has 3 atom stereocenters. The molecule has 0 bridgehead atoms. The predicted octanol–water partition coefficient (Wildman–Crippen LogP) is 2.26. The number of carbonyl (C=O) groups excluding carboxylic acids is 2. The SMILES string of the molecule is CC(NC(=O)/C=C/c1ccccc1)C(=O)NC1CCCCCC1CO. The van der Waals surface area contributed by atoms with E-state index in [2.05, 4.69) is 10.6 Å². The van der Waals surface area contributed by atoms with E-state index in [0.717, 1.165) is 37.7 Å². The standard InChI is InChI=1S/C20H28N2O3/c1-15(21-19(24)13-12-16-8-4-2-5-9-16)20(25)22-18-11-7-3-6-10-17(18)14-23/h2,4-5,8-9,12-13,15,17-18,23H,3,6-7,10-11,14H2,1H3,(H,21,24)(H,22,25)/b13-12+. The largest absolute Gasteiger partial charge is 0.396 e. The van der Waals surface area contributed by atoms with Crippen molar-refractivity contribution in [1.29, 1.82) is 0 Å². The van der Waals surface area contributed by atoms with Gasteiger partial charge in [0, 0.05) is 24.6 Å². The van der Waals surface area contributed by atoms with Crippen molar-refractivity contribution < 1.29 is 14.7 Å². The Hall–Kier alpha value is -2.14. The molecule has 0 radical (unpaired) electrons. The Morgan fingerprint density at radius 2 is 1.92 bits per heavy atom. The summed E-state index contributed by atoms with van der Waals surface area (Å²) in [5.74, 6) is -0.398. The molecular weight excluding hydrogens is 316 g/mol. The van der Waals surface area contributed by atoms with E-state index in [1.54, 1.807) is 13.0 Å². The number of hydrogen-bond donors (Lipinski definition) is 3. The minimum Gasteiger partial charge on any atom is -0.396 e. The van der Waals surface area contributed by atoms with Crippen LogP contribution in [0.1, 0.15) is 44.6 Å². The first-order chi connectivity index (χ1) is 12.1. The zero-order valence-electron chi connectivity index (χ0n) is 14.8. The lowest BCUT2D eigenvalue weighted by molar-refractivity contribution is -0.127. The maximum Gasteiger partial charge on any atom is 0.244 e. The maximum absolute atomic E-state index is 12.4. The fourth-order valence-electron chi connectivity index (χ4n) is 3.16. The molecule has 1 aromatic carbocycles. The molecule has 0 heterocycles. The molecule has 1 aliphatic carbocycles. The van der Waals surface area contributed by atoms with E-state index in [1.807, 2.05) is 30.3 Å². The normalized spacial score (nSPS) is 22.2. The third kappa shape index (κ3) is 6.35. The number of nitrogens with one attached hydrogen (secondary N) is 2. The number of aliphatic hydroxyl groups excluding tert-OH is 1. The van der Waals surface area contributed by atoms with E-state index < -0.39 is 6.04 Å². The van der Waals surface area contributed by atoms with Gasteiger partial charge in [0.15, 0.2) is 0 Å². The Morgan fingerprint density at radius 3 is 2.64 bits per heavy atom. The predicted molar refractivity (Wildman–Crippen MR) is 98.7 cm³/mol. The molecule has 2 amide bonds. The Balaban J connectivity index is 1.84. The highest BCUT2D eigenvalue weighted by Crippen LogP contribution is 2.23. The second kappa shape index (κ2) is 9.99. The Kier molecular flexibility index (Phi) is 7.67. The number of carbonyl (C=O) groups is 2. The van der Waals surface area contributed by atoms with Crippen LogP contribution in [-0.4, -0.2) is 35.6 Å².